The Hall–Kier alpha value is -2.81. The number of hydrogen-bond donors (Lipinski definition) is 1. The molecular formula is C27H30N4O3S. The van der Waals surface area contributed by atoms with E-state index in [1.54, 1.807) is 6.20 Å². The third-order valence-corrected chi connectivity index (χ3v) is 8.77. The van der Waals surface area contributed by atoms with E-state index in [1.165, 1.54) is 19.9 Å². The Bertz CT molecular complexity index is 1180. The molecule has 35 heavy (non-hydrogen) atoms. The number of carbonyl (C=O) groups excluding carboxylic acids is 2. The Morgan fingerprint density at radius 3 is 2.66 bits per heavy atom. The summed E-state index contributed by atoms with van der Waals surface area (Å²) >= 11 is 1.85. The number of hydrogen-bond acceptors (Lipinski definition) is 6. The van der Waals surface area contributed by atoms with E-state index >= 15 is 0 Å². The lowest BCUT2D eigenvalue weighted by atomic mass is 9.75. The molecule has 6 rings (SSSR count). The van der Waals surface area contributed by atoms with Crippen molar-refractivity contribution in [1.82, 2.24) is 20.1 Å². The van der Waals surface area contributed by atoms with Crippen molar-refractivity contribution in [1.29, 1.82) is 0 Å². The van der Waals surface area contributed by atoms with Gasteiger partial charge in [0.1, 0.15) is 0 Å². The van der Waals surface area contributed by atoms with E-state index < -0.39 is 5.54 Å². The zero-order valence-corrected chi connectivity index (χ0v) is 20.5. The van der Waals surface area contributed by atoms with Gasteiger partial charge in [0.2, 0.25) is 0 Å². The van der Waals surface area contributed by atoms with Gasteiger partial charge in [-0.05, 0) is 74.3 Å². The highest BCUT2D eigenvalue weighted by Crippen LogP contribution is 2.41. The molecule has 3 saturated heterocycles. The molecule has 0 radical (unpaired) electrons. The molecule has 0 bridgehead atoms. The summed E-state index contributed by atoms with van der Waals surface area (Å²) in [5.41, 5.74) is -0.475. The number of fused-ring (bicyclic) bond motifs is 1. The lowest BCUT2D eigenvalue weighted by Gasteiger charge is -2.40. The van der Waals surface area contributed by atoms with Gasteiger partial charge in [0, 0.05) is 28.9 Å². The van der Waals surface area contributed by atoms with Crippen molar-refractivity contribution in [3.05, 3.63) is 65.3 Å². The quantitative estimate of drug-likeness (QED) is 0.526. The summed E-state index contributed by atoms with van der Waals surface area (Å²) in [5, 5.41) is 4.41. The average molecular weight is 491 g/mol. The molecule has 1 aromatic carbocycles. The number of thiophene rings is 1. The monoisotopic (exact) mass is 490 g/mol. The predicted molar refractivity (Wildman–Crippen MR) is 135 cm³/mol. The zero-order valence-electron chi connectivity index (χ0n) is 19.7. The Labute approximate surface area is 209 Å². The van der Waals surface area contributed by atoms with E-state index in [9.17, 15) is 9.59 Å². The molecule has 0 aliphatic carbocycles. The van der Waals surface area contributed by atoms with Crippen molar-refractivity contribution in [2.24, 2.45) is 5.92 Å². The first-order valence-corrected chi connectivity index (χ1v) is 13.3. The fourth-order valence-corrected chi connectivity index (χ4v) is 6.97. The highest BCUT2D eigenvalue weighted by molar-refractivity contribution is 7.19. The van der Waals surface area contributed by atoms with Crippen molar-refractivity contribution < 1.29 is 14.3 Å². The summed E-state index contributed by atoms with van der Waals surface area (Å²) in [7, 11) is 0. The lowest BCUT2D eigenvalue weighted by Crippen LogP contribution is -2.54. The van der Waals surface area contributed by atoms with E-state index in [1.807, 2.05) is 29.5 Å². The normalized spacial score (nSPS) is 26.1. The minimum absolute atomic E-state index is 0.0120. The number of carbonyl (C=O) groups is 2. The van der Waals surface area contributed by atoms with Gasteiger partial charge in [0.25, 0.3) is 5.91 Å². The molecule has 3 aliphatic heterocycles. The number of benzene rings is 1. The molecule has 7 nitrogen and oxygen atoms in total. The molecule has 2 aromatic heterocycles. The van der Waals surface area contributed by atoms with Gasteiger partial charge in [-0.2, -0.15) is 0 Å². The third-order valence-electron chi connectivity index (χ3n) is 7.67. The number of urea groups is 1. The van der Waals surface area contributed by atoms with Crippen LogP contribution in [0, 0.1) is 5.92 Å². The number of pyridine rings is 1. The highest BCUT2D eigenvalue weighted by Gasteiger charge is 2.58. The van der Waals surface area contributed by atoms with Crippen LogP contribution in [0.5, 0.6) is 0 Å². The minimum atomic E-state index is -1.11. The lowest BCUT2D eigenvalue weighted by molar-refractivity contribution is -0.135. The molecular weight excluding hydrogens is 460 g/mol. The molecule has 1 N–H and O–H groups in total. The Balaban J connectivity index is 1.21. The maximum absolute atomic E-state index is 13.9. The number of rotatable bonds is 6. The topological polar surface area (TPSA) is 74.8 Å². The van der Waals surface area contributed by atoms with Gasteiger partial charge in [0.05, 0.1) is 18.3 Å². The van der Waals surface area contributed by atoms with Gasteiger partial charge >= 0.3 is 6.03 Å². The second kappa shape index (κ2) is 9.33. The van der Waals surface area contributed by atoms with Crippen molar-refractivity contribution in [3.63, 3.8) is 0 Å². The van der Waals surface area contributed by atoms with E-state index in [2.05, 4.69) is 45.5 Å². The second-order valence-corrected chi connectivity index (χ2v) is 11.0. The molecule has 3 aliphatic rings. The van der Waals surface area contributed by atoms with E-state index in [0.29, 0.717) is 18.8 Å². The van der Waals surface area contributed by atoms with E-state index in [4.69, 9.17) is 4.74 Å². The number of imide groups is 1. The minimum Gasteiger partial charge on any atom is -0.376 e. The Morgan fingerprint density at radius 2 is 1.91 bits per heavy atom. The summed E-state index contributed by atoms with van der Waals surface area (Å²) in [5.74, 6) is -0.193. The summed E-state index contributed by atoms with van der Waals surface area (Å²) in [6, 6.07) is 16.1. The van der Waals surface area contributed by atoms with Gasteiger partial charge in [-0.15, -0.1) is 11.3 Å². The third kappa shape index (κ3) is 4.13. The number of piperidine rings is 1. The van der Waals surface area contributed by atoms with Gasteiger partial charge in [-0.25, -0.2) is 4.79 Å². The molecule has 0 spiro atoms. The summed E-state index contributed by atoms with van der Waals surface area (Å²) in [4.78, 5) is 36.8. The summed E-state index contributed by atoms with van der Waals surface area (Å²) < 4.78 is 7.04. The zero-order chi connectivity index (χ0) is 23.8. The van der Waals surface area contributed by atoms with Crippen molar-refractivity contribution >= 4 is 33.4 Å². The van der Waals surface area contributed by atoms with Crippen molar-refractivity contribution in [3.8, 4) is 0 Å². The number of aromatic nitrogens is 1. The van der Waals surface area contributed by atoms with E-state index in [-0.39, 0.29) is 24.0 Å². The molecule has 5 heterocycles. The molecule has 0 unspecified atom stereocenters. The largest absolute Gasteiger partial charge is 0.376 e. The van der Waals surface area contributed by atoms with Crippen LogP contribution in [0.25, 0.3) is 10.1 Å². The number of likely N-dealkylation sites (tertiary alicyclic amines) is 1. The average Bonchev–Trinajstić information content (AvgIpc) is 3.60. The van der Waals surface area contributed by atoms with Gasteiger partial charge in [0.15, 0.2) is 5.54 Å². The predicted octanol–water partition coefficient (Wildman–Crippen LogP) is 4.13. The van der Waals surface area contributed by atoms with Crippen LogP contribution < -0.4 is 5.32 Å². The maximum atomic E-state index is 13.9. The van der Waals surface area contributed by atoms with Crippen LogP contribution in [0.15, 0.2) is 54.7 Å². The molecule has 3 aromatic rings. The molecule has 3 amide bonds. The van der Waals surface area contributed by atoms with Crippen LogP contribution in [-0.2, 0) is 21.6 Å². The highest BCUT2D eigenvalue weighted by atomic mass is 32.1. The smallest absolute Gasteiger partial charge is 0.325 e. The molecule has 182 valence electrons. The number of ether oxygens (including phenoxy) is 1. The van der Waals surface area contributed by atoms with E-state index in [0.717, 1.165) is 45.3 Å². The van der Waals surface area contributed by atoms with Crippen LogP contribution >= 0.6 is 11.3 Å². The fraction of sp³-hybridized carbons (Fsp3) is 0.444. The first-order chi connectivity index (χ1) is 17.1. The van der Waals surface area contributed by atoms with Crippen molar-refractivity contribution in [2.75, 3.05) is 26.2 Å². The fourth-order valence-electron chi connectivity index (χ4n) is 5.87. The second-order valence-electron chi connectivity index (χ2n) is 9.80. The SMILES string of the molecule is O=C1N[C@@](c2ccccn2)(C2CCN(Cc3cc4ccccc4s3)CC2)C(=O)N1C[C@@H]1CCCO1. The Morgan fingerprint density at radius 1 is 1.09 bits per heavy atom. The molecule has 2 atom stereocenters. The van der Waals surface area contributed by atoms with Crippen LogP contribution in [-0.4, -0.2) is 59.1 Å². The summed E-state index contributed by atoms with van der Waals surface area (Å²) in [6.45, 7) is 3.67. The first kappa shape index (κ1) is 22.6. The number of amides is 3. The van der Waals surface area contributed by atoms with Gasteiger partial charge in [-0.3, -0.25) is 19.6 Å². The number of nitrogens with zero attached hydrogens (tertiary/aromatic N) is 3. The van der Waals surface area contributed by atoms with Crippen LogP contribution in [0.4, 0.5) is 4.79 Å². The molecule has 0 saturated carbocycles. The first-order valence-electron chi connectivity index (χ1n) is 12.5. The maximum Gasteiger partial charge on any atom is 0.325 e. The van der Waals surface area contributed by atoms with Crippen molar-refractivity contribution in [2.45, 2.75) is 43.9 Å². The molecule has 3 fully saturated rings. The number of nitrogens with one attached hydrogen (secondary N) is 1. The Kier molecular flexibility index (Phi) is 6.04. The van der Waals surface area contributed by atoms with Gasteiger partial charge in [-0.1, -0.05) is 24.3 Å². The van der Waals surface area contributed by atoms with Crippen LogP contribution in [0.3, 0.4) is 0 Å². The summed E-state index contributed by atoms with van der Waals surface area (Å²) in [6.07, 6.45) is 5.12. The van der Waals surface area contributed by atoms with Gasteiger partial charge < -0.3 is 10.1 Å². The standard InChI is InChI=1S/C27H30N4O3S/c32-25-27(24-9-3-4-12-28-24,29-26(33)31(25)17-21-7-5-15-34-21)20-10-13-30(14-11-20)18-22-16-19-6-1-2-8-23(19)35-22/h1-4,6,8-9,12,16,20-21H,5,7,10-11,13-15,17-18H2,(H,29,33)/t21-,27+/m0/s1. The van der Waals surface area contributed by atoms with Crippen LogP contribution in [0.1, 0.15) is 36.3 Å². The van der Waals surface area contributed by atoms with Crippen LogP contribution in [0.2, 0.25) is 0 Å². The molecule has 8 heteroatoms.